The van der Waals surface area contributed by atoms with Gasteiger partial charge in [-0.05, 0) is 37.0 Å². The van der Waals surface area contributed by atoms with E-state index in [0.29, 0.717) is 29.5 Å². The summed E-state index contributed by atoms with van der Waals surface area (Å²) in [4.78, 5) is 17.5. The maximum absolute atomic E-state index is 14.8. The standard InChI is InChI=1S/C26H29FN2O2/c1-19-17-24(30)29(16-15-20-9-4-2-5-10-20)26(28-19)22-13-8-14-23(27)25(22)31-18-21-11-6-3-7-12-21/h3,6-8,11-14,17,20H,2,4-5,9-10,15-16,18H2,1H3. The molecule has 1 aliphatic carbocycles. The average molecular weight is 421 g/mol. The van der Waals surface area contributed by atoms with Crippen molar-refractivity contribution in [2.24, 2.45) is 5.92 Å². The van der Waals surface area contributed by atoms with Crippen LogP contribution in [0.25, 0.3) is 11.4 Å². The van der Waals surface area contributed by atoms with E-state index >= 15 is 0 Å². The molecule has 1 heterocycles. The third kappa shape index (κ3) is 5.22. The van der Waals surface area contributed by atoms with Crippen LogP contribution in [0.4, 0.5) is 4.39 Å². The molecule has 5 heteroatoms. The summed E-state index contributed by atoms with van der Waals surface area (Å²) in [5.74, 6) is 0.790. The highest BCUT2D eigenvalue weighted by molar-refractivity contribution is 5.65. The highest BCUT2D eigenvalue weighted by Gasteiger charge is 2.20. The van der Waals surface area contributed by atoms with Crippen LogP contribution in [0.1, 0.15) is 49.8 Å². The molecule has 0 saturated heterocycles. The maximum Gasteiger partial charge on any atom is 0.253 e. The number of ether oxygens (including phenoxy) is 1. The van der Waals surface area contributed by atoms with Gasteiger partial charge in [-0.3, -0.25) is 9.36 Å². The van der Waals surface area contributed by atoms with Crippen molar-refractivity contribution in [3.8, 4) is 17.1 Å². The largest absolute Gasteiger partial charge is 0.485 e. The van der Waals surface area contributed by atoms with E-state index in [0.717, 1.165) is 12.0 Å². The fourth-order valence-corrected chi connectivity index (χ4v) is 4.39. The molecular weight excluding hydrogens is 391 g/mol. The Morgan fingerprint density at radius 3 is 2.61 bits per heavy atom. The third-order valence-electron chi connectivity index (χ3n) is 6.06. The topological polar surface area (TPSA) is 44.1 Å². The summed E-state index contributed by atoms with van der Waals surface area (Å²) in [5.41, 5.74) is 1.98. The Kier molecular flexibility index (Phi) is 6.80. The molecule has 0 aliphatic heterocycles. The minimum Gasteiger partial charge on any atom is -0.485 e. The van der Waals surface area contributed by atoms with Gasteiger partial charge in [-0.25, -0.2) is 9.37 Å². The molecule has 0 spiro atoms. The molecule has 0 unspecified atom stereocenters. The van der Waals surface area contributed by atoms with E-state index in [9.17, 15) is 9.18 Å². The summed E-state index contributed by atoms with van der Waals surface area (Å²) in [6, 6.07) is 16.0. The Balaban J connectivity index is 1.66. The van der Waals surface area contributed by atoms with Gasteiger partial charge in [0.25, 0.3) is 5.56 Å². The Bertz CT molecular complexity index is 1070. The predicted octanol–water partition coefficient (Wildman–Crippen LogP) is 5.91. The van der Waals surface area contributed by atoms with E-state index in [4.69, 9.17) is 4.74 Å². The molecule has 4 rings (SSSR count). The lowest BCUT2D eigenvalue weighted by Crippen LogP contribution is -2.25. The van der Waals surface area contributed by atoms with E-state index in [-0.39, 0.29) is 17.9 Å². The number of para-hydroxylation sites is 1. The monoisotopic (exact) mass is 420 g/mol. The smallest absolute Gasteiger partial charge is 0.253 e. The second-order valence-electron chi connectivity index (χ2n) is 8.39. The van der Waals surface area contributed by atoms with Gasteiger partial charge in [-0.1, -0.05) is 68.5 Å². The van der Waals surface area contributed by atoms with Gasteiger partial charge in [0, 0.05) is 18.3 Å². The van der Waals surface area contributed by atoms with Crippen LogP contribution in [-0.4, -0.2) is 9.55 Å². The van der Waals surface area contributed by atoms with Crippen LogP contribution in [0.15, 0.2) is 59.4 Å². The molecule has 0 atom stereocenters. The highest BCUT2D eigenvalue weighted by atomic mass is 19.1. The Morgan fingerprint density at radius 2 is 1.84 bits per heavy atom. The summed E-state index contributed by atoms with van der Waals surface area (Å²) in [5, 5.41) is 0. The zero-order chi connectivity index (χ0) is 21.6. The van der Waals surface area contributed by atoms with Crippen molar-refractivity contribution < 1.29 is 9.13 Å². The molecule has 1 fully saturated rings. The van der Waals surface area contributed by atoms with Gasteiger partial charge in [0.15, 0.2) is 11.6 Å². The van der Waals surface area contributed by atoms with Crippen LogP contribution < -0.4 is 10.3 Å². The lowest BCUT2D eigenvalue weighted by molar-refractivity contribution is 0.291. The van der Waals surface area contributed by atoms with Crippen LogP contribution >= 0.6 is 0 Å². The van der Waals surface area contributed by atoms with Gasteiger partial charge in [-0.2, -0.15) is 0 Å². The molecule has 4 nitrogen and oxygen atoms in total. The van der Waals surface area contributed by atoms with Crippen LogP contribution in [0.3, 0.4) is 0 Å². The van der Waals surface area contributed by atoms with Crippen molar-refractivity contribution in [3.63, 3.8) is 0 Å². The van der Waals surface area contributed by atoms with Gasteiger partial charge in [0.2, 0.25) is 0 Å². The van der Waals surface area contributed by atoms with E-state index < -0.39 is 5.82 Å². The van der Waals surface area contributed by atoms with Gasteiger partial charge in [0.05, 0.1) is 5.56 Å². The quantitative estimate of drug-likeness (QED) is 0.477. The zero-order valence-corrected chi connectivity index (χ0v) is 18.0. The molecular formula is C26H29FN2O2. The minimum atomic E-state index is -0.456. The zero-order valence-electron chi connectivity index (χ0n) is 18.0. The second kappa shape index (κ2) is 9.90. The lowest BCUT2D eigenvalue weighted by Gasteiger charge is -2.23. The Labute approximate surface area is 182 Å². The molecule has 1 saturated carbocycles. The first-order chi connectivity index (χ1) is 15.1. The van der Waals surface area contributed by atoms with E-state index in [1.165, 1.54) is 38.2 Å². The number of halogens is 1. The van der Waals surface area contributed by atoms with Crippen molar-refractivity contribution >= 4 is 0 Å². The fraction of sp³-hybridized carbons (Fsp3) is 0.385. The van der Waals surface area contributed by atoms with E-state index in [1.54, 1.807) is 29.7 Å². The first kappa shape index (κ1) is 21.3. The normalized spacial score (nSPS) is 14.5. The summed E-state index contributed by atoms with van der Waals surface area (Å²) in [6.45, 7) is 2.62. The summed E-state index contributed by atoms with van der Waals surface area (Å²) in [6.07, 6.45) is 7.20. The lowest BCUT2D eigenvalue weighted by atomic mass is 9.87. The van der Waals surface area contributed by atoms with Crippen molar-refractivity contribution in [2.45, 2.75) is 58.6 Å². The first-order valence-corrected chi connectivity index (χ1v) is 11.2. The molecule has 1 aliphatic rings. The highest BCUT2D eigenvalue weighted by Crippen LogP contribution is 2.33. The van der Waals surface area contributed by atoms with Crippen molar-refractivity contribution in [1.29, 1.82) is 0 Å². The second-order valence-corrected chi connectivity index (χ2v) is 8.39. The molecule has 0 bridgehead atoms. The number of hydrogen-bond donors (Lipinski definition) is 0. The molecule has 1 aromatic heterocycles. The summed E-state index contributed by atoms with van der Waals surface area (Å²) in [7, 11) is 0. The number of nitrogens with zero attached hydrogens (tertiary/aromatic N) is 2. The molecule has 0 radical (unpaired) electrons. The molecule has 31 heavy (non-hydrogen) atoms. The number of aromatic nitrogens is 2. The molecule has 2 aromatic carbocycles. The maximum atomic E-state index is 14.8. The van der Waals surface area contributed by atoms with Crippen LogP contribution in [0.5, 0.6) is 5.75 Å². The Morgan fingerprint density at radius 1 is 1.06 bits per heavy atom. The van der Waals surface area contributed by atoms with Crippen LogP contribution in [-0.2, 0) is 13.2 Å². The van der Waals surface area contributed by atoms with Crippen LogP contribution in [0, 0.1) is 18.7 Å². The average Bonchev–Trinajstić information content (AvgIpc) is 2.78. The SMILES string of the molecule is Cc1cc(=O)n(CCC2CCCCC2)c(-c2cccc(F)c2OCc2ccccc2)n1. The minimum absolute atomic E-state index is 0.100. The van der Waals surface area contributed by atoms with Crippen molar-refractivity contribution in [1.82, 2.24) is 9.55 Å². The Hall–Kier alpha value is -2.95. The third-order valence-corrected chi connectivity index (χ3v) is 6.06. The number of rotatable bonds is 7. The molecule has 162 valence electrons. The fourth-order valence-electron chi connectivity index (χ4n) is 4.39. The van der Waals surface area contributed by atoms with Crippen LogP contribution in [0.2, 0.25) is 0 Å². The molecule has 0 N–H and O–H groups in total. The van der Waals surface area contributed by atoms with Gasteiger partial charge < -0.3 is 4.74 Å². The number of benzene rings is 2. The molecule has 0 amide bonds. The van der Waals surface area contributed by atoms with Crippen molar-refractivity contribution in [2.75, 3.05) is 0 Å². The molecule has 3 aromatic rings. The number of hydrogen-bond acceptors (Lipinski definition) is 3. The van der Waals surface area contributed by atoms with E-state index in [2.05, 4.69) is 4.98 Å². The predicted molar refractivity (Wildman–Crippen MR) is 121 cm³/mol. The summed E-state index contributed by atoms with van der Waals surface area (Å²) < 4.78 is 22.4. The summed E-state index contributed by atoms with van der Waals surface area (Å²) >= 11 is 0. The van der Waals surface area contributed by atoms with Crippen molar-refractivity contribution in [3.05, 3.63) is 82.0 Å². The number of aryl methyl sites for hydroxylation is 1. The van der Waals surface area contributed by atoms with Gasteiger partial charge >= 0.3 is 0 Å². The van der Waals surface area contributed by atoms with Gasteiger partial charge in [-0.15, -0.1) is 0 Å². The van der Waals surface area contributed by atoms with Gasteiger partial charge in [0.1, 0.15) is 12.4 Å². The first-order valence-electron chi connectivity index (χ1n) is 11.2. The van der Waals surface area contributed by atoms with E-state index in [1.807, 2.05) is 30.3 Å².